The number of aromatic amines is 1. The molecule has 24 heavy (non-hydrogen) atoms. The number of nitriles is 1. The van der Waals surface area contributed by atoms with Crippen LogP contribution in [0.3, 0.4) is 0 Å². The predicted octanol–water partition coefficient (Wildman–Crippen LogP) is 3.52. The third-order valence-electron chi connectivity index (χ3n) is 4.64. The van der Waals surface area contributed by atoms with Crippen LogP contribution >= 0.6 is 11.3 Å². The molecular weight excluding hydrogens is 320 g/mol. The lowest BCUT2D eigenvalue weighted by Crippen LogP contribution is -2.37. The van der Waals surface area contributed by atoms with Gasteiger partial charge in [0.25, 0.3) is 5.91 Å². The normalized spacial score (nSPS) is 15.5. The number of amides is 1. The quantitative estimate of drug-likeness (QED) is 0.778. The van der Waals surface area contributed by atoms with E-state index in [1.807, 2.05) is 17.3 Å². The van der Waals surface area contributed by atoms with Crippen LogP contribution in [0.4, 0.5) is 0 Å². The van der Waals surface area contributed by atoms with Crippen molar-refractivity contribution in [2.45, 2.75) is 18.8 Å². The molecule has 1 saturated heterocycles. The van der Waals surface area contributed by atoms with Gasteiger partial charge in [0, 0.05) is 30.9 Å². The Labute approximate surface area is 143 Å². The van der Waals surface area contributed by atoms with E-state index in [1.165, 1.54) is 22.3 Å². The molecule has 0 saturated carbocycles. The summed E-state index contributed by atoms with van der Waals surface area (Å²) in [6.45, 7) is 1.50. The van der Waals surface area contributed by atoms with E-state index in [0.29, 0.717) is 15.7 Å². The smallest absolute Gasteiger partial charge is 0.263 e. The maximum absolute atomic E-state index is 12.6. The Morgan fingerprint density at radius 2 is 2.12 bits per heavy atom. The van der Waals surface area contributed by atoms with Crippen molar-refractivity contribution in [1.29, 1.82) is 5.26 Å². The number of fused-ring (bicyclic) bond motifs is 1. The first-order valence-corrected chi connectivity index (χ1v) is 8.79. The van der Waals surface area contributed by atoms with Gasteiger partial charge >= 0.3 is 0 Å². The molecule has 1 fully saturated rings. The first kappa shape index (κ1) is 14.9. The number of likely N-dealkylation sites (tertiary alicyclic amines) is 1. The molecule has 5 nitrogen and oxygen atoms in total. The summed E-state index contributed by atoms with van der Waals surface area (Å²) in [5, 5.41) is 10.1. The fraction of sp³-hybridized carbons (Fsp3) is 0.278. The van der Waals surface area contributed by atoms with Gasteiger partial charge in [-0.1, -0.05) is 0 Å². The highest BCUT2D eigenvalue weighted by atomic mass is 32.1. The van der Waals surface area contributed by atoms with Gasteiger partial charge in [0.05, 0.1) is 4.88 Å². The van der Waals surface area contributed by atoms with E-state index < -0.39 is 0 Å². The molecule has 4 heterocycles. The molecule has 6 heteroatoms. The number of H-pyrrole nitrogens is 1. The van der Waals surface area contributed by atoms with Gasteiger partial charge in [-0.3, -0.25) is 4.79 Å². The van der Waals surface area contributed by atoms with Crippen LogP contribution in [0.25, 0.3) is 11.0 Å². The Kier molecular flexibility index (Phi) is 3.79. The van der Waals surface area contributed by atoms with Crippen molar-refractivity contribution in [3.8, 4) is 6.07 Å². The minimum absolute atomic E-state index is 0.0430. The number of hydrogen-bond donors (Lipinski definition) is 1. The number of carbonyl (C=O) groups is 1. The van der Waals surface area contributed by atoms with Crippen molar-refractivity contribution < 1.29 is 4.79 Å². The minimum Gasteiger partial charge on any atom is -0.346 e. The molecule has 0 radical (unpaired) electrons. The van der Waals surface area contributed by atoms with Crippen LogP contribution in [0.15, 0.2) is 36.7 Å². The first-order valence-electron chi connectivity index (χ1n) is 7.97. The van der Waals surface area contributed by atoms with Crippen molar-refractivity contribution in [3.05, 3.63) is 52.0 Å². The summed E-state index contributed by atoms with van der Waals surface area (Å²) in [6, 6.07) is 9.72. The average molecular weight is 336 g/mol. The molecule has 1 N–H and O–H groups in total. The second-order valence-electron chi connectivity index (χ2n) is 5.98. The number of aromatic nitrogens is 2. The molecule has 3 aromatic rings. The van der Waals surface area contributed by atoms with E-state index in [4.69, 9.17) is 5.26 Å². The SMILES string of the molecule is N#Cc1ccc(C(=O)N2CCC(c3ccnc4[nH]ccc34)CC2)s1. The topological polar surface area (TPSA) is 72.8 Å². The van der Waals surface area contributed by atoms with Crippen molar-refractivity contribution >= 4 is 28.3 Å². The average Bonchev–Trinajstić information content (AvgIpc) is 3.30. The largest absolute Gasteiger partial charge is 0.346 e. The Hall–Kier alpha value is -2.65. The van der Waals surface area contributed by atoms with Gasteiger partial charge in [-0.2, -0.15) is 5.26 Å². The molecule has 4 rings (SSSR count). The zero-order valence-corrected chi connectivity index (χ0v) is 13.8. The van der Waals surface area contributed by atoms with Gasteiger partial charge in [0.2, 0.25) is 0 Å². The molecular formula is C18H16N4OS. The van der Waals surface area contributed by atoms with Gasteiger partial charge in [0.1, 0.15) is 16.6 Å². The molecule has 0 aliphatic carbocycles. The van der Waals surface area contributed by atoms with Crippen LogP contribution in [0.2, 0.25) is 0 Å². The van der Waals surface area contributed by atoms with E-state index in [1.54, 1.807) is 12.1 Å². The highest BCUT2D eigenvalue weighted by Gasteiger charge is 2.26. The van der Waals surface area contributed by atoms with E-state index in [-0.39, 0.29) is 5.91 Å². The maximum Gasteiger partial charge on any atom is 0.263 e. The molecule has 1 aliphatic rings. The van der Waals surface area contributed by atoms with Crippen molar-refractivity contribution in [3.63, 3.8) is 0 Å². The lowest BCUT2D eigenvalue weighted by Gasteiger charge is -2.32. The van der Waals surface area contributed by atoms with Gasteiger partial charge < -0.3 is 9.88 Å². The Bertz CT molecular complexity index is 928. The fourth-order valence-electron chi connectivity index (χ4n) is 3.40. The maximum atomic E-state index is 12.6. The van der Waals surface area contributed by atoms with Crippen LogP contribution in [0.1, 0.15) is 38.9 Å². The molecule has 1 aliphatic heterocycles. The molecule has 0 aromatic carbocycles. The van der Waals surface area contributed by atoms with Gasteiger partial charge in [-0.15, -0.1) is 11.3 Å². The summed E-state index contributed by atoms with van der Waals surface area (Å²) in [5.41, 5.74) is 2.24. The second kappa shape index (κ2) is 6.10. The molecule has 1 amide bonds. The van der Waals surface area contributed by atoms with E-state index in [2.05, 4.69) is 28.2 Å². The van der Waals surface area contributed by atoms with E-state index in [9.17, 15) is 4.79 Å². The highest BCUT2D eigenvalue weighted by molar-refractivity contribution is 7.14. The van der Waals surface area contributed by atoms with Crippen LogP contribution in [0.5, 0.6) is 0 Å². The third-order valence-corrected chi connectivity index (χ3v) is 5.62. The molecule has 0 bridgehead atoms. The number of rotatable bonds is 2. The van der Waals surface area contributed by atoms with Gasteiger partial charge in [0.15, 0.2) is 0 Å². The first-order chi connectivity index (χ1) is 11.8. The zero-order valence-electron chi connectivity index (χ0n) is 13.0. The highest BCUT2D eigenvalue weighted by Crippen LogP contribution is 2.33. The summed E-state index contributed by atoms with van der Waals surface area (Å²) in [5.74, 6) is 0.495. The van der Waals surface area contributed by atoms with Gasteiger partial charge in [-0.05, 0) is 48.6 Å². The summed E-state index contributed by atoms with van der Waals surface area (Å²) < 4.78 is 0. The number of carbonyl (C=O) groups excluding carboxylic acids is 1. The van der Waals surface area contributed by atoms with Crippen molar-refractivity contribution in [1.82, 2.24) is 14.9 Å². The Morgan fingerprint density at radius 3 is 2.88 bits per heavy atom. The standard InChI is InChI=1S/C18H16N4OS/c19-11-13-1-2-16(24-13)18(23)22-9-5-12(6-10-22)14-3-7-20-17-15(14)4-8-21-17/h1-4,7-8,12H,5-6,9-10H2,(H,20,21). The number of piperidine rings is 1. The van der Waals surface area contributed by atoms with Crippen LogP contribution in [-0.2, 0) is 0 Å². The molecule has 120 valence electrons. The lowest BCUT2D eigenvalue weighted by molar-refractivity contribution is 0.0718. The summed E-state index contributed by atoms with van der Waals surface area (Å²) in [7, 11) is 0. The minimum atomic E-state index is 0.0430. The Balaban J connectivity index is 1.48. The fourth-order valence-corrected chi connectivity index (χ4v) is 4.17. The number of nitrogens with zero attached hydrogens (tertiary/aromatic N) is 3. The summed E-state index contributed by atoms with van der Waals surface area (Å²) in [4.78, 5) is 23.2. The van der Waals surface area contributed by atoms with E-state index in [0.717, 1.165) is 31.6 Å². The number of thiophene rings is 1. The molecule has 0 spiro atoms. The van der Waals surface area contributed by atoms with Crippen LogP contribution < -0.4 is 0 Å². The van der Waals surface area contributed by atoms with E-state index >= 15 is 0 Å². The van der Waals surface area contributed by atoms with Crippen molar-refractivity contribution in [2.24, 2.45) is 0 Å². The molecule has 3 aromatic heterocycles. The Morgan fingerprint density at radius 1 is 1.29 bits per heavy atom. The molecule has 0 unspecified atom stereocenters. The summed E-state index contributed by atoms with van der Waals surface area (Å²) in [6.07, 6.45) is 5.67. The van der Waals surface area contributed by atoms with Gasteiger partial charge in [-0.25, -0.2) is 4.98 Å². The lowest BCUT2D eigenvalue weighted by atomic mass is 9.88. The molecule has 0 atom stereocenters. The summed E-state index contributed by atoms with van der Waals surface area (Å²) >= 11 is 1.27. The monoisotopic (exact) mass is 336 g/mol. The van der Waals surface area contributed by atoms with Crippen LogP contribution in [-0.4, -0.2) is 33.9 Å². The number of nitrogens with one attached hydrogen (secondary N) is 1. The zero-order chi connectivity index (χ0) is 16.5. The number of pyridine rings is 1. The second-order valence-corrected chi connectivity index (χ2v) is 7.07. The number of hydrogen-bond acceptors (Lipinski definition) is 4. The predicted molar refractivity (Wildman–Crippen MR) is 93.0 cm³/mol. The third kappa shape index (κ3) is 2.57. The van der Waals surface area contributed by atoms with Crippen molar-refractivity contribution in [2.75, 3.05) is 13.1 Å². The van der Waals surface area contributed by atoms with Crippen LogP contribution in [0, 0.1) is 11.3 Å².